The standard InChI is InChI=1S/C16H24N2O3/c1-4-18-10-6-7-12(18)11-17-16(19)13-8-5-9-14(20-2)15(13)21-3/h5,8-9,12H,4,6-7,10-11H2,1-3H3,(H,17,19)/t12-/m1/s1. The van der Waals surface area contributed by atoms with Crippen molar-refractivity contribution in [3.05, 3.63) is 23.8 Å². The van der Waals surface area contributed by atoms with Crippen LogP contribution in [-0.4, -0.2) is 50.7 Å². The molecule has 0 saturated carbocycles. The van der Waals surface area contributed by atoms with Gasteiger partial charge in [0.25, 0.3) is 5.91 Å². The van der Waals surface area contributed by atoms with Crippen LogP contribution in [0, 0.1) is 0 Å². The number of rotatable bonds is 6. The van der Waals surface area contributed by atoms with Crippen molar-refractivity contribution in [2.75, 3.05) is 33.9 Å². The highest BCUT2D eigenvalue weighted by atomic mass is 16.5. The number of amides is 1. The van der Waals surface area contributed by atoms with Crippen molar-refractivity contribution in [2.45, 2.75) is 25.8 Å². The molecule has 1 aromatic rings. The fourth-order valence-corrected chi connectivity index (χ4v) is 2.91. The van der Waals surface area contributed by atoms with Gasteiger partial charge in [0.1, 0.15) is 0 Å². The monoisotopic (exact) mass is 292 g/mol. The van der Waals surface area contributed by atoms with E-state index in [2.05, 4.69) is 17.1 Å². The highest BCUT2D eigenvalue weighted by molar-refractivity contribution is 5.97. The van der Waals surface area contributed by atoms with Crippen molar-refractivity contribution in [2.24, 2.45) is 0 Å². The van der Waals surface area contributed by atoms with Gasteiger partial charge in [-0.15, -0.1) is 0 Å². The Hall–Kier alpha value is -1.75. The summed E-state index contributed by atoms with van der Waals surface area (Å²) < 4.78 is 10.5. The van der Waals surface area contributed by atoms with Crippen molar-refractivity contribution in [3.63, 3.8) is 0 Å². The first-order valence-electron chi connectivity index (χ1n) is 7.44. The molecule has 1 aliphatic heterocycles. The third kappa shape index (κ3) is 3.47. The normalized spacial score (nSPS) is 18.5. The second kappa shape index (κ2) is 7.31. The molecule has 0 spiro atoms. The zero-order valence-electron chi connectivity index (χ0n) is 13.0. The minimum absolute atomic E-state index is 0.117. The van der Waals surface area contributed by atoms with Gasteiger partial charge in [-0.25, -0.2) is 0 Å². The Kier molecular flexibility index (Phi) is 5.44. The van der Waals surface area contributed by atoms with Gasteiger partial charge in [-0.1, -0.05) is 13.0 Å². The van der Waals surface area contributed by atoms with Gasteiger partial charge in [0.05, 0.1) is 19.8 Å². The Morgan fingerprint density at radius 1 is 1.38 bits per heavy atom. The first kappa shape index (κ1) is 15.6. The summed E-state index contributed by atoms with van der Waals surface area (Å²) in [6.07, 6.45) is 2.35. The first-order valence-corrected chi connectivity index (χ1v) is 7.44. The second-order valence-electron chi connectivity index (χ2n) is 5.18. The number of carbonyl (C=O) groups is 1. The molecular formula is C16H24N2O3. The van der Waals surface area contributed by atoms with Crippen molar-refractivity contribution in [3.8, 4) is 11.5 Å². The number of benzene rings is 1. The largest absolute Gasteiger partial charge is 0.493 e. The van der Waals surface area contributed by atoms with Gasteiger partial charge in [-0.3, -0.25) is 9.69 Å². The molecule has 5 nitrogen and oxygen atoms in total. The van der Waals surface area contributed by atoms with E-state index in [1.165, 1.54) is 6.42 Å². The third-order valence-electron chi connectivity index (χ3n) is 4.05. The maximum atomic E-state index is 12.4. The Morgan fingerprint density at radius 2 is 2.19 bits per heavy atom. The molecule has 1 heterocycles. The number of ether oxygens (including phenoxy) is 2. The molecule has 116 valence electrons. The molecule has 1 atom stereocenters. The molecule has 1 fully saturated rings. The van der Waals surface area contributed by atoms with E-state index in [1.807, 2.05) is 0 Å². The van der Waals surface area contributed by atoms with Crippen molar-refractivity contribution < 1.29 is 14.3 Å². The van der Waals surface area contributed by atoms with Crippen LogP contribution >= 0.6 is 0 Å². The predicted molar refractivity (Wildman–Crippen MR) is 82.1 cm³/mol. The molecule has 1 N–H and O–H groups in total. The summed E-state index contributed by atoms with van der Waals surface area (Å²) in [7, 11) is 3.11. The first-order chi connectivity index (χ1) is 10.2. The van der Waals surface area contributed by atoms with E-state index in [0.717, 1.165) is 19.5 Å². The summed E-state index contributed by atoms with van der Waals surface area (Å²) in [5.41, 5.74) is 0.512. The number of likely N-dealkylation sites (tertiary alicyclic amines) is 1. The summed E-state index contributed by atoms with van der Waals surface area (Å²) >= 11 is 0. The molecule has 0 aromatic heterocycles. The SMILES string of the molecule is CCN1CCC[C@@H]1CNC(=O)c1cccc(OC)c1OC. The highest BCUT2D eigenvalue weighted by Crippen LogP contribution is 2.30. The van der Waals surface area contributed by atoms with Crippen LogP contribution in [0.15, 0.2) is 18.2 Å². The number of nitrogens with one attached hydrogen (secondary N) is 1. The molecule has 1 saturated heterocycles. The lowest BCUT2D eigenvalue weighted by molar-refractivity contribution is 0.0937. The molecule has 0 unspecified atom stereocenters. The van der Waals surface area contributed by atoms with Crippen LogP contribution in [0.25, 0.3) is 0 Å². The van der Waals surface area contributed by atoms with Crippen molar-refractivity contribution in [1.82, 2.24) is 10.2 Å². The van der Waals surface area contributed by atoms with E-state index in [9.17, 15) is 4.79 Å². The van der Waals surface area contributed by atoms with Crippen LogP contribution in [0.1, 0.15) is 30.1 Å². The van der Waals surface area contributed by atoms with E-state index >= 15 is 0 Å². The summed E-state index contributed by atoms with van der Waals surface area (Å²) in [6, 6.07) is 5.77. The fraction of sp³-hybridized carbons (Fsp3) is 0.562. The molecule has 1 amide bonds. The molecular weight excluding hydrogens is 268 g/mol. The van der Waals surface area contributed by atoms with Gasteiger partial charge in [-0.05, 0) is 38.1 Å². The number of hydrogen-bond acceptors (Lipinski definition) is 4. The summed E-state index contributed by atoms with van der Waals surface area (Å²) in [5.74, 6) is 0.936. The molecule has 2 rings (SSSR count). The number of hydrogen-bond donors (Lipinski definition) is 1. The van der Waals surface area contributed by atoms with Crippen LogP contribution in [-0.2, 0) is 0 Å². The lowest BCUT2D eigenvalue weighted by atomic mass is 10.1. The summed E-state index contributed by atoms with van der Waals surface area (Å²) in [5, 5.41) is 3.02. The van der Waals surface area contributed by atoms with E-state index < -0.39 is 0 Å². The maximum absolute atomic E-state index is 12.4. The average molecular weight is 292 g/mol. The number of nitrogens with zero attached hydrogens (tertiary/aromatic N) is 1. The van der Waals surface area contributed by atoms with Crippen LogP contribution in [0.4, 0.5) is 0 Å². The molecule has 0 aliphatic carbocycles. The number of likely N-dealkylation sites (N-methyl/N-ethyl adjacent to an activating group) is 1. The van der Waals surface area contributed by atoms with E-state index in [0.29, 0.717) is 29.6 Å². The molecule has 1 aromatic carbocycles. The van der Waals surface area contributed by atoms with E-state index in [1.54, 1.807) is 32.4 Å². The Bertz CT molecular complexity index is 490. The summed E-state index contributed by atoms with van der Waals surface area (Å²) in [4.78, 5) is 14.8. The zero-order valence-corrected chi connectivity index (χ0v) is 13.0. The van der Waals surface area contributed by atoms with Crippen molar-refractivity contribution >= 4 is 5.91 Å². The van der Waals surface area contributed by atoms with Crippen LogP contribution in [0.2, 0.25) is 0 Å². The van der Waals surface area contributed by atoms with Gasteiger partial charge in [0.2, 0.25) is 0 Å². The molecule has 1 aliphatic rings. The third-order valence-corrected chi connectivity index (χ3v) is 4.05. The minimum atomic E-state index is -0.117. The predicted octanol–water partition coefficient (Wildman–Crippen LogP) is 1.92. The van der Waals surface area contributed by atoms with E-state index in [4.69, 9.17) is 9.47 Å². The maximum Gasteiger partial charge on any atom is 0.255 e. The smallest absolute Gasteiger partial charge is 0.255 e. The zero-order chi connectivity index (χ0) is 15.2. The Balaban J connectivity index is 2.03. The van der Waals surface area contributed by atoms with E-state index in [-0.39, 0.29) is 5.91 Å². The van der Waals surface area contributed by atoms with Gasteiger partial charge in [0.15, 0.2) is 11.5 Å². The number of carbonyl (C=O) groups excluding carboxylic acids is 1. The lowest BCUT2D eigenvalue weighted by Crippen LogP contribution is -2.40. The minimum Gasteiger partial charge on any atom is -0.493 e. The van der Waals surface area contributed by atoms with Gasteiger partial charge in [0, 0.05) is 12.6 Å². The van der Waals surface area contributed by atoms with Gasteiger partial charge >= 0.3 is 0 Å². The van der Waals surface area contributed by atoms with Crippen LogP contribution in [0.5, 0.6) is 11.5 Å². The average Bonchev–Trinajstić information content (AvgIpc) is 2.99. The molecule has 5 heteroatoms. The van der Waals surface area contributed by atoms with Crippen LogP contribution < -0.4 is 14.8 Å². The second-order valence-corrected chi connectivity index (χ2v) is 5.18. The van der Waals surface area contributed by atoms with Gasteiger partial charge < -0.3 is 14.8 Å². The molecule has 0 bridgehead atoms. The van der Waals surface area contributed by atoms with Gasteiger partial charge in [-0.2, -0.15) is 0 Å². The highest BCUT2D eigenvalue weighted by Gasteiger charge is 2.24. The quantitative estimate of drug-likeness (QED) is 0.870. The topological polar surface area (TPSA) is 50.8 Å². The number of methoxy groups -OCH3 is 2. The number of para-hydroxylation sites is 1. The Morgan fingerprint density at radius 3 is 2.86 bits per heavy atom. The summed E-state index contributed by atoms with van der Waals surface area (Å²) in [6.45, 7) is 4.99. The fourth-order valence-electron chi connectivity index (χ4n) is 2.91. The Labute approximate surface area is 126 Å². The molecule has 21 heavy (non-hydrogen) atoms. The van der Waals surface area contributed by atoms with Crippen LogP contribution in [0.3, 0.4) is 0 Å². The van der Waals surface area contributed by atoms with Crippen molar-refractivity contribution in [1.29, 1.82) is 0 Å². The molecule has 0 radical (unpaired) electrons. The lowest BCUT2D eigenvalue weighted by Gasteiger charge is -2.23.